The van der Waals surface area contributed by atoms with E-state index in [1.807, 2.05) is 30.9 Å². The Balaban J connectivity index is 2.16. The molecule has 0 aromatic carbocycles. The highest BCUT2D eigenvalue weighted by molar-refractivity contribution is 6.45. The number of nitrogens with one attached hydrogen (secondary N) is 1. The molecule has 1 amide bonds. The largest absolute Gasteiger partial charge is 0.390 e. The number of hydrogen-bond donors (Lipinski definition) is 2. The van der Waals surface area contributed by atoms with Crippen LogP contribution in [0.25, 0.3) is 11.1 Å². The molecular weight excluding hydrogens is 384 g/mol. The molecule has 1 aliphatic heterocycles. The molecule has 0 radical (unpaired) electrons. The fourth-order valence-corrected chi connectivity index (χ4v) is 4.36. The van der Waals surface area contributed by atoms with Crippen molar-refractivity contribution >= 4 is 28.6 Å². The molecule has 0 spiro atoms. The lowest BCUT2D eigenvalue weighted by atomic mass is 9.82. The Morgan fingerprint density at radius 2 is 2.00 bits per heavy atom. The summed E-state index contributed by atoms with van der Waals surface area (Å²) >= 11 is 6.59. The first-order valence-corrected chi connectivity index (χ1v) is 11.4. The van der Waals surface area contributed by atoms with E-state index in [9.17, 15) is 9.90 Å². The quantitative estimate of drug-likeness (QED) is 0.663. The highest BCUT2D eigenvalue weighted by atomic mass is 35.5. The van der Waals surface area contributed by atoms with E-state index in [0.29, 0.717) is 11.6 Å². The van der Waals surface area contributed by atoms with Gasteiger partial charge in [0.25, 0.3) is 5.91 Å². The van der Waals surface area contributed by atoms with E-state index in [1.54, 1.807) is 6.08 Å². The molecule has 0 saturated carbocycles. The SMILES string of the molecule is C=C/C=c1/cc(C(=O)N2CCC(CC(O)(CC)CC)CC2)[nH]/c1=C(\Cl)C(C)CC. The van der Waals surface area contributed by atoms with Gasteiger partial charge in [-0.25, -0.2) is 0 Å². The number of carbonyl (C=O) groups is 1. The Hall–Kier alpha value is -1.52. The van der Waals surface area contributed by atoms with E-state index in [0.717, 1.165) is 67.2 Å². The molecule has 1 atom stereocenters. The molecule has 0 aliphatic carbocycles. The summed E-state index contributed by atoms with van der Waals surface area (Å²) in [5.74, 6) is 0.714. The Morgan fingerprint density at radius 3 is 2.52 bits per heavy atom. The van der Waals surface area contributed by atoms with Crippen molar-refractivity contribution in [2.45, 2.75) is 71.8 Å². The Morgan fingerprint density at radius 1 is 1.38 bits per heavy atom. The number of aromatic amines is 1. The lowest BCUT2D eigenvalue weighted by molar-refractivity contribution is -0.00132. The molecule has 2 rings (SSSR count). The average molecular weight is 421 g/mol. The number of hydrogen-bond acceptors (Lipinski definition) is 2. The molecule has 1 fully saturated rings. The number of aromatic nitrogens is 1. The normalized spacial score (nSPS) is 18.7. The van der Waals surface area contributed by atoms with Crippen LogP contribution in [-0.2, 0) is 0 Å². The first kappa shape index (κ1) is 23.8. The standard InChI is InChI=1S/C24H37ClN2O2/c1-6-10-19-15-20(26-22(19)21(25)17(5)7-2)23(28)27-13-11-18(12-14-27)16-24(29,8-3)9-4/h6,10,15,17-18,26,29H,1,7-9,11-14,16H2,2-5H3/b19-10-,22-21-. The van der Waals surface area contributed by atoms with Crippen LogP contribution in [0.4, 0.5) is 0 Å². The summed E-state index contributed by atoms with van der Waals surface area (Å²) in [4.78, 5) is 18.3. The minimum absolute atomic E-state index is 0.0169. The molecule has 2 heterocycles. The fraction of sp³-hybridized carbons (Fsp3) is 0.625. The number of aliphatic hydroxyl groups is 1. The number of H-pyrrole nitrogens is 1. The highest BCUT2D eigenvalue weighted by Crippen LogP contribution is 2.30. The molecule has 2 N–H and O–H groups in total. The molecule has 162 valence electrons. The summed E-state index contributed by atoms with van der Waals surface area (Å²) in [6, 6.07) is 1.88. The van der Waals surface area contributed by atoms with Crippen molar-refractivity contribution in [1.29, 1.82) is 0 Å². The summed E-state index contributed by atoms with van der Waals surface area (Å²) in [5.41, 5.74) is 0.00929. The third-order valence-corrected chi connectivity index (χ3v) is 7.11. The Bertz CT molecular complexity index is 814. The van der Waals surface area contributed by atoms with Crippen LogP contribution in [0, 0.1) is 11.8 Å². The van der Waals surface area contributed by atoms with Gasteiger partial charge in [0.2, 0.25) is 0 Å². The zero-order valence-corrected chi connectivity index (χ0v) is 19.2. The first-order valence-electron chi connectivity index (χ1n) is 11.0. The van der Waals surface area contributed by atoms with Crippen LogP contribution in [0.15, 0.2) is 18.7 Å². The summed E-state index contributed by atoms with van der Waals surface area (Å²) in [7, 11) is 0. The maximum atomic E-state index is 13.1. The number of likely N-dealkylation sites (tertiary alicyclic amines) is 1. The number of rotatable bonds is 8. The van der Waals surface area contributed by atoms with E-state index in [-0.39, 0.29) is 11.8 Å². The van der Waals surface area contributed by atoms with Gasteiger partial charge in [-0.15, -0.1) is 0 Å². The van der Waals surface area contributed by atoms with Crippen LogP contribution < -0.4 is 10.6 Å². The van der Waals surface area contributed by atoms with E-state index in [1.165, 1.54) is 0 Å². The third-order valence-electron chi connectivity index (χ3n) is 6.55. The molecule has 1 aromatic rings. The van der Waals surface area contributed by atoms with Crippen molar-refractivity contribution in [2.75, 3.05) is 13.1 Å². The van der Waals surface area contributed by atoms with Crippen molar-refractivity contribution in [3.05, 3.63) is 35.0 Å². The molecule has 5 heteroatoms. The van der Waals surface area contributed by atoms with E-state index < -0.39 is 5.60 Å². The molecule has 1 aliphatic rings. The molecule has 1 saturated heterocycles. The molecule has 1 unspecified atom stereocenters. The number of piperidine rings is 1. The topological polar surface area (TPSA) is 56.3 Å². The van der Waals surface area contributed by atoms with Crippen LogP contribution in [0.1, 0.15) is 76.7 Å². The lowest BCUT2D eigenvalue weighted by Crippen LogP contribution is -2.41. The van der Waals surface area contributed by atoms with Gasteiger partial charge in [0.1, 0.15) is 5.69 Å². The smallest absolute Gasteiger partial charge is 0.270 e. The molecule has 4 nitrogen and oxygen atoms in total. The molecule has 29 heavy (non-hydrogen) atoms. The summed E-state index contributed by atoms with van der Waals surface area (Å²) in [6.07, 6.45) is 8.80. The minimum atomic E-state index is -0.566. The zero-order valence-electron chi connectivity index (χ0n) is 18.4. The minimum Gasteiger partial charge on any atom is -0.390 e. The number of allylic oxidation sites excluding steroid dienone is 1. The first-order chi connectivity index (χ1) is 13.8. The second-order valence-electron chi connectivity index (χ2n) is 8.44. The van der Waals surface area contributed by atoms with Gasteiger partial charge in [0.15, 0.2) is 0 Å². The van der Waals surface area contributed by atoms with Gasteiger partial charge < -0.3 is 15.0 Å². The van der Waals surface area contributed by atoms with Crippen molar-refractivity contribution in [1.82, 2.24) is 9.88 Å². The Kier molecular flexibility index (Phi) is 8.59. The van der Waals surface area contributed by atoms with Gasteiger partial charge in [-0.3, -0.25) is 4.79 Å². The van der Waals surface area contributed by atoms with Crippen molar-refractivity contribution in [3.8, 4) is 0 Å². The van der Waals surface area contributed by atoms with Crippen molar-refractivity contribution < 1.29 is 9.90 Å². The number of halogens is 1. The highest BCUT2D eigenvalue weighted by Gasteiger charge is 2.31. The van der Waals surface area contributed by atoms with E-state index in [4.69, 9.17) is 11.6 Å². The van der Waals surface area contributed by atoms with E-state index in [2.05, 4.69) is 25.4 Å². The summed E-state index contributed by atoms with van der Waals surface area (Å²) < 4.78 is 0. The monoisotopic (exact) mass is 420 g/mol. The van der Waals surface area contributed by atoms with Gasteiger partial charge in [-0.1, -0.05) is 58.0 Å². The van der Waals surface area contributed by atoms with Gasteiger partial charge in [-0.05, 0) is 56.4 Å². The van der Waals surface area contributed by atoms with Crippen molar-refractivity contribution in [3.63, 3.8) is 0 Å². The van der Waals surface area contributed by atoms with Gasteiger partial charge in [-0.2, -0.15) is 0 Å². The zero-order chi connectivity index (χ0) is 21.6. The van der Waals surface area contributed by atoms with Gasteiger partial charge in [0, 0.05) is 23.3 Å². The molecule has 0 bridgehead atoms. The fourth-order valence-electron chi connectivity index (χ4n) is 4.05. The van der Waals surface area contributed by atoms with Crippen LogP contribution in [0.5, 0.6) is 0 Å². The van der Waals surface area contributed by atoms with Crippen molar-refractivity contribution in [2.24, 2.45) is 11.8 Å². The van der Waals surface area contributed by atoms with E-state index >= 15 is 0 Å². The molecular formula is C24H37ClN2O2. The summed E-state index contributed by atoms with van der Waals surface area (Å²) in [5, 5.41) is 13.1. The predicted molar refractivity (Wildman–Crippen MR) is 122 cm³/mol. The van der Waals surface area contributed by atoms with Crippen LogP contribution in [0.3, 0.4) is 0 Å². The number of nitrogens with zero attached hydrogens (tertiary/aromatic N) is 1. The lowest BCUT2D eigenvalue weighted by Gasteiger charge is -2.36. The van der Waals surface area contributed by atoms with Crippen LogP contribution in [-0.4, -0.2) is 39.6 Å². The second kappa shape index (κ2) is 10.5. The maximum absolute atomic E-state index is 13.1. The van der Waals surface area contributed by atoms with Gasteiger partial charge in [0.05, 0.1) is 11.0 Å². The average Bonchev–Trinajstić information content (AvgIpc) is 3.16. The number of carbonyl (C=O) groups excluding carboxylic acids is 1. The summed E-state index contributed by atoms with van der Waals surface area (Å²) in [6.45, 7) is 13.5. The van der Waals surface area contributed by atoms with Crippen LogP contribution >= 0.6 is 11.6 Å². The third kappa shape index (κ3) is 5.76. The Labute approximate surface area is 180 Å². The van der Waals surface area contributed by atoms with Crippen LogP contribution in [0.2, 0.25) is 0 Å². The second-order valence-corrected chi connectivity index (χ2v) is 8.85. The maximum Gasteiger partial charge on any atom is 0.270 e. The number of amides is 1. The predicted octanol–water partition coefficient (Wildman–Crippen LogP) is 4.17. The molecule has 1 aromatic heterocycles. The van der Waals surface area contributed by atoms with Gasteiger partial charge >= 0.3 is 0 Å².